The standard InChI is InChI=1S/C11H10F3N3O2/c1-7-16-10(19-17-7)6-15-8-4-2-3-5-9(8)18-11(12,13)14/h2-5,15H,6H2,1H3. The number of ether oxygens (including phenoxy) is 1. The number of nitrogens with zero attached hydrogens (tertiary/aromatic N) is 2. The van der Waals surface area contributed by atoms with Crippen LogP contribution in [-0.2, 0) is 6.54 Å². The number of para-hydroxylation sites is 2. The van der Waals surface area contributed by atoms with Crippen molar-refractivity contribution in [3.05, 3.63) is 36.0 Å². The average Bonchev–Trinajstić information content (AvgIpc) is 2.72. The van der Waals surface area contributed by atoms with E-state index < -0.39 is 6.36 Å². The molecule has 5 nitrogen and oxygen atoms in total. The van der Waals surface area contributed by atoms with Crippen molar-refractivity contribution in [3.8, 4) is 5.75 Å². The van der Waals surface area contributed by atoms with Gasteiger partial charge < -0.3 is 14.6 Å². The minimum absolute atomic E-state index is 0.110. The Bertz CT molecular complexity index is 554. The van der Waals surface area contributed by atoms with Crippen LogP contribution >= 0.6 is 0 Å². The lowest BCUT2D eigenvalue weighted by Crippen LogP contribution is -2.18. The number of halogens is 3. The van der Waals surface area contributed by atoms with Crippen LogP contribution in [0.4, 0.5) is 18.9 Å². The third kappa shape index (κ3) is 3.87. The lowest BCUT2D eigenvalue weighted by atomic mass is 10.3. The molecule has 2 aromatic rings. The maximum atomic E-state index is 12.2. The molecule has 0 atom stereocenters. The van der Waals surface area contributed by atoms with Gasteiger partial charge in [0.1, 0.15) is 0 Å². The van der Waals surface area contributed by atoms with Crippen LogP contribution in [0.25, 0.3) is 0 Å². The van der Waals surface area contributed by atoms with Gasteiger partial charge in [0.15, 0.2) is 11.6 Å². The lowest BCUT2D eigenvalue weighted by molar-refractivity contribution is -0.274. The summed E-state index contributed by atoms with van der Waals surface area (Å²) in [5.74, 6) is 0.419. The van der Waals surface area contributed by atoms with Gasteiger partial charge in [-0.25, -0.2) is 0 Å². The maximum Gasteiger partial charge on any atom is 0.573 e. The van der Waals surface area contributed by atoms with Gasteiger partial charge in [0, 0.05) is 0 Å². The van der Waals surface area contributed by atoms with Gasteiger partial charge in [-0.2, -0.15) is 4.98 Å². The first kappa shape index (κ1) is 13.2. The monoisotopic (exact) mass is 273 g/mol. The molecule has 1 aromatic carbocycles. The molecule has 0 aliphatic carbocycles. The van der Waals surface area contributed by atoms with Gasteiger partial charge >= 0.3 is 6.36 Å². The van der Waals surface area contributed by atoms with Crippen LogP contribution in [0.2, 0.25) is 0 Å². The smallest absolute Gasteiger partial charge is 0.404 e. The fourth-order valence-corrected chi connectivity index (χ4v) is 1.41. The SMILES string of the molecule is Cc1noc(CNc2ccccc2OC(F)(F)F)n1. The highest BCUT2D eigenvalue weighted by molar-refractivity contribution is 5.56. The topological polar surface area (TPSA) is 60.2 Å². The Morgan fingerprint density at radius 3 is 2.68 bits per heavy atom. The van der Waals surface area contributed by atoms with Crippen molar-refractivity contribution in [3.63, 3.8) is 0 Å². The number of anilines is 1. The van der Waals surface area contributed by atoms with Crippen LogP contribution in [0.3, 0.4) is 0 Å². The number of nitrogens with one attached hydrogen (secondary N) is 1. The van der Waals surface area contributed by atoms with Crippen LogP contribution in [0, 0.1) is 6.92 Å². The van der Waals surface area contributed by atoms with E-state index in [1.54, 1.807) is 13.0 Å². The molecule has 0 fully saturated rings. The molecule has 0 saturated heterocycles. The van der Waals surface area contributed by atoms with Crippen molar-refractivity contribution in [1.29, 1.82) is 0 Å². The van der Waals surface area contributed by atoms with Gasteiger partial charge in [0.25, 0.3) is 0 Å². The van der Waals surface area contributed by atoms with E-state index in [1.807, 2.05) is 0 Å². The molecule has 0 spiro atoms. The van der Waals surface area contributed by atoms with Gasteiger partial charge in [0.05, 0.1) is 12.2 Å². The predicted octanol–water partition coefficient (Wildman–Crippen LogP) is 2.89. The van der Waals surface area contributed by atoms with Gasteiger partial charge in [-0.05, 0) is 19.1 Å². The van der Waals surface area contributed by atoms with E-state index in [2.05, 4.69) is 20.2 Å². The minimum atomic E-state index is -4.74. The van der Waals surface area contributed by atoms with E-state index >= 15 is 0 Å². The molecule has 102 valence electrons. The first-order valence-corrected chi connectivity index (χ1v) is 5.32. The van der Waals surface area contributed by atoms with Crippen molar-refractivity contribution in [1.82, 2.24) is 10.1 Å². The number of rotatable bonds is 4. The van der Waals surface area contributed by atoms with E-state index in [9.17, 15) is 13.2 Å². The summed E-state index contributed by atoms with van der Waals surface area (Å²) in [6.45, 7) is 1.76. The molecule has 1 N–H and O–H groups in total. The second kappa shape index (κ2) is 5.17. The summed E-state index contributed by atoms with van der Waals surface area (Å²) in [6, 6.07) is 5.72. The van der Waals surface area contributed by atoms with Crippen LogP contribution in [0.15, 0.2) is 28.8 Å². The fourth-order valence-electron chi connectivity index (χ4n) is 1.41. The first-order valence-electron chi connectivity index (χ1n) is 5.32. The van der Waals surface area contributed by atoms with Crippen molar-refractivity contribution < 1.29 is 22.4 Å². The summed E-state index contributed by atoms with van der Waals surface area (Å²) in [7, 11) is 0. The molecule has 0 unspecified atom stereocenters. The molecule has 1 heterocycles. The van der Waals surface area contributed by atoms with E-state index in [1.165, 1.54) is 18.2 Å². The van der Waals surface area contributed by atoms with Crippen molar-refractivity contribution in [2.24, 2.45) is 0 Å². The zero-order valence-electron chi connectivity index (χ0n) is 9.86. The van der Waals surface area contributed by atoms with Crippen LogP contribution in [0.5, 0.6) is 5.75 Å². The molecule has 0 radical (unpaired) electrons. The molecule has 0 bridgehead atoms. The Kier molecular flexibility index (Phi) is 3.59. The molecule has 0 amide bonds. The zero-order valence-corrected chi connectivity index (χ0v) is 9.86. The summed E-state index contributed by atoms with van der Waals surface area (Å²) >= 11 is 0. The Morgan fingerprint density at radius 1 is 1.32 bits per heavy atom. The largest absolute Gasteiger partial charge is 0.573 e. The van der Waals surface area contributed by atoms with E-state index in [0.29, 0.717) is 5.82 Å². The summed E-state index contributed by atoms with van der Waals surface area (Å²) in [5.41, 5.74) is 0.190. The maximum absolute atomic E-state index is 12.2. The number of hydrogen-bond acceptors (Lipinski definition) is 5. The Hall–Kier alpha value is -2.25. The van der Waals surface area contributed by atoms with Crippen molar-refractivity contribution >= 4 is 5.69 Å². The number of benzene rings is 1. The van der Waals surface area contributed by atoms with Gasteiger partial charge in [-0.3, -0.25) is 0 Å². The minimum Gasteiger partial charge on any atom is -0.404 e. The van der Waals surface area contributed by atoms with E-state index in [-0.39, 0.29) is 23.9 Å². The molecule has 19 heavy (non-hydrogen) atoms. The third-order valence-electron chi connectivity index (χ3n) is 2.11. The quantitative estimate of drug-likeness (QED) is 0.928. The molecule has 1 aromatic heterocycles. The Balaban J connectivity index is 2.07. The number of alkyl halides is 3. The van der Waals surface area contributed by atoms with Gasteiger partial charge in [-0.1, -0.05) is 17.3 Å². The normalized spacial score (nSPS) is 11.4. The Labute approximate surface area is 106 Å². The molecular formula is C11H10F3N3O2. The number of aryl methyl sites for hydroxylation is 1. The van der Waals surface area contributed by atoms with E-state index in [4.69, 9.17) is 4.52 Å². The molecule has 2 rings (SSSR count). The highest BCUT2D eigenvalue weighted by atomic mass is 19.4. The average molecular weight is 273 g/mol. The zero-order chi connectivity index (χ0) is 13.9. The van der Waals surface area contributed by atoms with Gasteiger partial charge in [-0.15, -0.1) is 13.2 Å². The Morgan fingerprint density at radius 2 is 2.05 bits per heavy atom. The summed E-state index contributed by atoms with van der Waals surface area (Å²) in [4.78, 5) is 3.93. The second-order valence-electron chi connectivity index (χ2n) is 3.63. The summed E-state index contributed by atoms with van der Waals surface area (Å²) in [6.07, 6.45) is -4.74. The first-order chi connectivity index (χ1) is 8.94. The molecular weight excluding hydrogens is 263 g/mol. The van der Waals surface area contributed by atoms with E-state index in [0.717, 1.165) is 0 Å². The molecule has 0 aliphatic rings. The highest BCUT2D eigenvalue weighted by Crippen LogP contribution is 2.30. The van der Waals surface area contributed by atoms with Gasteiger partial charge in [0.2, 0.25) is 5.89 Å². The molecule has 8 heteroatoms. The van der Waals surface area contributed by atoms with Crippen molar-refractivity contribution in [2.45, 2.75) is 19.8 Å². The molecule has 0 aliphatic heterocycles. The molecule has 0 saturated carbocycles. The highest BCUT2D eigenvalue weighted by Gasteiger charge is 2.32. The summed E-state index contributed by atoms with van der Waals surface area (Å²) in [5, 5.41) is 6.32. The summed E-state index contributed by atoms with van der Waals surface area (Å²) < 4.78 is 45.3. The number of aromatic nitrogens is 2. The van der Waals surface area contributed by atoms with Crippen LogP contribution in [0.1, 0.15) is 11.7 Å². The predicted molar refractivity (Wildman–Crippen MR) is 59.5 cm³/mol. The van der Waals surface area contributed by atoms with Crippen LogP contribution < -0.4 is 10.1 Å². The fraction of sp³-hybridized carbons (Fsp3) is 0.273. The lowest BCUT2D eigenvalue weighted by Gasteiger charge is -2.13. The van der Waals surface area contributed by atoms with Crippen LogP contribution in [-0.4, -0.2) is 16.5 Å². The second-order valence-corrected chi connectivity index (χ2v) is 3.63. The van der Waals surface area contributed by atoms with Crippen molar-refractivity contribution in [2.75, 3.05) is 5.32 Å². The third-order valence-corrected chi connectivity index (χ3v) is 2.11. The number of hydrogen-bond donors (Lipinski definition) is 1.